The quantitative estimate of drug-likeness (QED) is 0.698. The van der Waals surface area contributed by atoms with Gasteiger partial charge in [0.05, 0.1) is 18.2 Å². The van der Waals surface area contributed by atoms with Gasteiger partial charge in [-0.1, -0.05) is 6.92 Å². The van der Waals surface area contributed by atoms with Gasteiger partial charge in [0.25, 0.3) is 0 Å². The van der Waals surface area contributed by atoms with Crippen LogP contribution in [-0.4, -0.2) is 22.5 Å². The lowest BCUT2D eigenvalue weighted by Gasteiger charge is -2.14. The molecule has 1 aromatic rings. The second kappa shape index (κ2) is 4.76. The summed E-state index contributed by atoms with van der Waals surface area (Å²) in [6, 6.07) is -0.455. The average Bonchev–Trinajstić information content (AvgIpc) is 2.55. The average molecular weight is 196 g/mol. The molecule has 0 bridgehead atoms. The number of rotatable bonds is 5. The monoisotopic (exact) mass is 196 g/mol. The van der Waals surface area contributed by atoms with E-state index in [0.717, 1.165) is 18.7 Å². The van der Waals surface area contributed by atoms with Gasteiger partial charge in [0.2, 0.25) is 5.91 Å². The van der Waals surface area contributed by atoms with Gasteiger partial charge in [-0.3, -0.25) is 4.79 Å². The van der Waals surface area contributed by atoms with Gasteiger partial charge in [-0.2, -0.15) is 0 Å². The molecule has 0 fully saturated rings. The van der Waals surface area contributed by atoms with Gasteiger partial charge in [0.15, 0.2) is 0 Å². The van der Waals surface area contributed by atoms with Crippen LogP contribution in [0.4, 0.5) is 0 Å². The highest BCUT2D eigenvalue weighted by molar-refractivity contribution is 5.80. The number of nitrogens with zero attached hydrogens (tertiary/aromatic N) is 2. The molecule has 1 atom stereocenters. The summed E-state index contributed by atoms with van der Waals surface area (Å²) in [6.45, 7) is 2.92. The molecule has 0 aliphatic rings. The number of primary amides is 1. The van der Waals surface area contributed by atoms with Crippen molar-refractivity contribution < 1.29 is 4.79 Å². The molecule has 1 aromatic heterocycles. The molecule has 5 heteroatoms. The van der Waals surface area contributed by atoms with Gasteiger partial charge in [-0.15, -0.1) is 0 Å². The predicted octanol–water partition coefficient (Wildman–Crippen LogP) is 0.0389. The minimum atomic E-state index is -0.455. The highest BCUT2D eigenvalue weighted by Crippen LogP contribution is 2.11. The summed E-state index contributed by atoms with van der Waals surface area (Å²) in [6.07, 6.45) is 4.38. The molecule has 1 amide bonds. The van der Waals surface area contributed by atoms with E-state index in [2.05, 4.69) is 17.2 Å². The van der Waals surface area contributed by atoms with E-state index >= 15 is 0 Å². The Morgan fingerprint density at radius 3 is 3.00 bits per heavy atom. The normalized spacial score (nSPS) is 12.7. The van der Waals surface area contributed by atoms with Crippen molar-refractivity contribution in [3.63, 3.8) is 0 Å². The maximum Gasteiger partial charge on any atom is 0.240 e. The Morgan fingerprint density at radius 2 is 2.50 bits per heavy atom. The van der Waals surface area contributed by atoms with Crippen LogP contribution in [-0.2, 0) is 11.3 Å². The molecule has 0 radical (unpaired) electrons. The zero-order valence-corrected chi connectivity index (χ0v) is 8.53. The first-order valence-electron chi connectivity index (χ1n) is 4.67. The van der Waals surface area contributed by atoms with E-state index in [4.69, 9.17) is 5.73 Å². The lowest BCUT2D eigenvalue weighted by atomic mass is 10.2. The fourth-order valence-corrected chi connectivity index (χ4v) is 1.43. The Labute approximate surface area is 83.3 Å². The molecule has 1 rings (SSSR count). The molecule has 0 aromatic carbocycles. The topological polar surface area (TPSA) is 72.9 Å². The summed E-state index contributed by atoms with van der Waals surface area (Å²) in [7, 11) is 1.71. The van der Waals surface area contributed by atoms with Gasteiger partial charge >= 0.3 is 0 Å². The van der Waals surface area contributed by atoms with Crippen LogP contribution in [0.2, 0.25) is 0 Å². The summed E-state index contributed by atoms with van der Waals surface area (Å²) in [5.41, 5.74) is 6.08. The molecule has 1 heterocycles. The van der Waals surface area contributed by atoms with Crippen LogP contribution in [0.3, 0.4) is 0 Å². The van der Waals surface area contributed by atoms with E-state index in [1.807, 2.05) is 4.57 Å². The van der Waals surface area contributed by atoms with Crippen LogP contribution in [0.25, 0.3) is 0 Å². The number of carbonyl (C=O) groups excluding carboxylic acids is 1. The molecular formula is C9H16N4O. The zero-order valence-electron chi connectivity index (χ0n) is 8.53. The summed E-state index contributed by atoms with van der Waals surface area (Å²) < 4.78 is 1.94. The molecule has 0 spiro atoms. The van der Waals surface area contributed by atoms with Gasteiger partial charge in [0.1, 0.15) is 6.04 Å². The molecule has 1 unspecified atom stereocenters. The molecule has 14 heavy (non-hydrogen) atoms. The predicted molar refractivity (Wildman–Crippen MR) is 53.5 cm³/mol. The van der Waals surface area contributed by atoms with E-state index in [1.54, 1.807) is 19.6 Å². The molecule has 78 valence electrons. The third kappa shape index (κ3) is 2.11. The van der Waals surface area contributed by atoms with Crippen LogP contribution in [0.1, 0.15) is 25.1 Å². The van der Waals surface area contributed by atoms with Gasteiger partial charge < -0.3 is 15.6 Å². The lowest BCUT2D eigenvalue weighted by Crippen LogP contribution is -2.32. The number of imidazole rings is 1. The van der Waals surface area contributed by atoms with E-state index in [1.165, 1.54) is 0 Å². The standard InChI is InChI=1S/C9H16N4O/c1-3-4-13-6-12-5-7(13)8(11-2)9(10)14/h5-6,8,11H,3-4H2,1-2H3,(H2,10,14). The number of carbonyl (C=O) groups is 1. The number of nitrogens with one attached hydrogen (secondary N) is 1. The Balaban J connectivity index is 2.91. The van der Waals surface area contributed by atoms with E-state index in [-0.39, 0.29) is 5.91 Å². The second-order valence-electron chi connectivity index (χ2n) is 3.14. The number of hydrogen-bond donors (Lipinski definition) is 2. The minimum absolute atomic E-state index is 0.384. The first-order chi connectivity index (χ1) is 6.70. The minimum Gasteiger partial charge on any atom is -0.368 e. The number of likely N-dealkylation sites (N-methyl/N-ethyl adjacent to an activating group) is 1. The van der Waals surface area contributed by atoms with Crippen LogP contribution >= 0.6 is 0 Å². The first-order valence-corrected chi connectivity index (χ1v) is 4.67. The van der Waals surface area contributed by atoms with E-state index in [9.17, 15) is 4.79 Å². The molecule has 3 N–H and O–H groups in total. The van der Waals surface area contributed by atoms with Crippen LogP contribution in [0.5, 0.6) is 0 Å². The van der Waals surface area contributed by atoms with Crippen molar-refractivity contribution in [1.82, 2.24) is 14.9 Å². The molecule has 5 nitrogen and oxygen atoms in total. The van der Waals surface area contributed by atoms with Gasteiger partial charge in [-0.25, -0.2) is 4.98 Å². The molecule has 0 saturated carbocycles. The van der Waals surface area contributed by atoms with Crippen molar-refractivity contribution >= 4 is 5.91 Å². The zero-order chi connectivity index (χ0) is 10.6. The molecule has 0 aliphatic carbocycles. The van der Waals surface area contributed by atoms with E-state index < -0.39 is 6.04 Å². The second-order valence-corrected chi connectivity index (χ2v) is 3.14. The number of aromatic nitrogens is 2. The van der Waals surface area contributed by atoms with Crippen LogP contribution in [0.15, 0.2) is 12.5 Å². The number of aryl methyl sites for hydroxylation is 1. The largest absolute Gasteiger partial charge is 0.368 e. The van der Waals surface area contributed by atoms with Crippen molar-refractivity contribution in [2.24, 2.45) is 5.73 Å². The molecule has 0 saturated heterocycles. The fourth-order valence-electron chi connectivity index (χ4n) is 1.43. The van der Waals surface area contributed by atoms with Gasteiger partial charge in [-0.05, 0) is 13.5 Å². The number of nitrogens with two attached hydrogens (primary N) is 1. The Morgan fingerprint density at radius 1 is 1.79 bits per heavy atom. The lowest BCUT2D eigenvalue weighted by molar-refractivity contribution is -0.120. The third-order valence-corrected chi connectivity index (χ3v) is 2.08. The maximum atomic E-state index is 11.1. The fraction of sp³-hybridized carbons (Fsp3) is 0.556. The molecular weight excluding hydrogens is 180 g/mol. The smallest absolute Gasteiger partial charge is 0.240 e. The first kappa shape index (κ1) is 10.7. The highest BCUT2D eigenvalue weighted by atomic mass is 16.1. The van der Waals surface area contributed by atoms with Crippen molar-refractivity contribution in [3.8, 4) is 0 Å². The molecule has 0 aliphatic heterocycles. The summed E-state index contributed by atoms with van der Waals surface area (Å²) in [5.74, 6) is -0.384. The SMILES string of the molecule is CCCn1cncc1C(NC)C(N)=O. The van der Waals surface area contributed by atoms with Gasteiger partial charge in [0, 0.05) is 6.54 Å². The summed E-state index contributed by atoms with van der Waals surface area (Å²) in [4.78, 5) is 15.1. The van der Waals surface area contributed by atoms with Crippen LogP contribution < -0.4 is 11.1 Å². The Hall–Kier alpha value is -1.36. The number of hydrogen-bond acceptors (Lipinski definition) is 3. The maximum absolute atomic E-state index is 11.1. The Bertz CT molecular complexity index is 308. The van der Waals surface area contributed by atoms with E-state index in [0.29, 0.717) is 0 Å². The Kier molecular flexibility index (Phi) is 3.64. The van der Waals surface area contributed by atoms with Crippen molar-refractivity contribution in [1.29, 1.82) is 0 Å². The highest BCUT2D eigenvalue weighted by Gasteiger charge is 2.18. The van der Waals surface area contributed by atoms with Crippen molar-refractivity contribution in [3.05, 3.63) is 18.2 Å². The summed E-state index contributed by atoms with van der Waals surface area (Å²) >= 11 is 0. The van der Waals surface area contributed by atoms with Crippen molar-refractivity contribution in [2.75, 3.05) is 7.05 Å². The number of amides is 1. The summed E-state index contributed by atoms with van der Waals surface area (Å²) in [5, 5.41) is 2.87. The third-order valence-electron chi connectivity index (χ3n) is 2.08. The van der Waals surface area contributed by atoms with Crippen LogP contribution in [0, 0.1) is 0 Å². The van der Waals surface area contributed by atoms with Crippen molar-refractivity contribution in [2.45, 2.75) is 25.9 Å².